The Hall–Kier alpha value is -0.830. The van der Waals surface area contributed by atoms with Gasteiger partial charge in [0.15, 0.2) is 0 Å². The number of nitrogens with one attached hydrogen (secondary N) is 2. The first-order valence-corrected chi connectivity index (χ1v) is 6.69. The predicted molar refractivity (Wildman–Crippen MR) is 64.5 cm³/mol. The predicted octanol–water partition coefficient (Wildman–Crippen LogP) is 1.83. The van der Waals surface area contributed by atoms with Crippen molar-refractivity contribution in [1.82, 2.24) is 15.5 Å². The molecule has 1 saturated heterocycles. The Bertz CT molecular complexity index is 350. The summed E-state index contributed by atoms with van der Waals surface area (Å²) in [5, 5.41) is 11.1. The van der Waals surface area contributed by atoms with E-state index in [0.29, 0.717) is 0 Å². The van der Waals surface area contributed by atoms with Crippen molar-refractivity contribution in [1.29, 1.82) is 0 Å². The molecule has 0 saturated carbocycles. The number of nitrogens with zero attached hydrogens (tertiary/aromatic N) is 1. The zero-order valence-corrected chi connectivity index (χ0v) is 9.89. The van der Waals surface area contributed by atoms with Crippen LogP contribution in [0.4, 0.5) is 0 Å². The molecule has 0 unspecified atom stereocenters. The van der Waals surface area contributed by atoms with Crippen molar-refractivity contribution in [3.63, 3.8) is 0 Å². The molecule has 2 aliphatic rings. The topological polar surface area (TPSA) is 40.7 Å². The van der Waals surface area contributed by atoms with Crippen molar-refractivity contribution >= 4 is 0 Å². The molecule has 0 radical (unpaired) electrons. The van der Waals surface area contributed by atoms with E-state index >= 15 is 0 Å². The van der Waals surface area contributed by atoms with E-state index in [1.54, 1.807) is 5.56 Å². The number of fused-ring (bicyclic) bond motifs is 1. The van der Waals surface area contributed by atoms with Gasteiger partial charge in [-0.15, -0.1) is 0 Å². The fourth-order valence-corrected chi connectivity index (χ4v) is 3.11. The smallest absolute Gasteiger partial charge is 0.0657 e. The maximum absolute atomic E-state index is 4.48. The summed E-state index contributed by atoms with van der Waals surface area (Å²) in [6, 6.07) is 0. The van der Waals surface area contributed by atoms with Gasteiger partial charge in [0.1, 0.15) is 0 Å². The van der Waals surface area contributed by atoms with Gasteiger partial charge in [0.2, 0.25) is 0 Å². The lowest BCUT2D eigenvalue weighted by Crippen LogP contribution is -2.27. The molecule has 3 nitrogen and oxygen atoms in total. The van der Waals surface area contributed by atoms with Crippen LogP contribution in [0.3, 0.4) is 0 Å². The molecule has 1 aliphatic heterocycles. The SMILES string of the molecule is C1Cc2[nH]nc(CCC3CCNCC3)c2C1. The van der Waals surface area contributed by atoms with Crippen molar-refractivity contribution in [3.05, 3.63) is 17.0 Å². The monoisotopic (exact) mass is 219 g/mol. The third-order valence-corrected chi connectivity index (χ3v) is 4.14. The average molecular weight is 219 g/mol. The van der Waals surface area contributed by atoms with Gasteiger partial charge in [0, 0.05) is 5.69 Å². The summed E-state index contributed by atoms with van der Waals surface area (Å²) >= 11 is 0. The second-order valence-corrected chi connectivity index (χ2v) is 5.21. The van der Waals surface area contributed by atoms with Crippen LogP contribution in [0.25, 0.3) is 0 Å². The number of piperidine rings is 1. The number of aromatic amines is 1. The summed E-state index contributed by atoms with van der Waals surface area (Å²) < 4.78 is 0. The first-order chi connectivity index (χ1) is 7.93. The summed E-state index contributed by atoms with van der Waals surface area (Å²) in [6.07, 6.45) is 9.03. The van der Waals surface area contributed by atoms with Gasteiger partial charge < -0.3 is 5.32 Å². The van der Waals surface area contributed by atoms with Crippen LogP contribution >= 0.6 is 0 Å². The maximum atomic E-state index is 4.48. The van der Waals surface area contributed by atoms with Gasteiger partial charge in [-0.2, -0.15) is 5.10 Å². The highest BCUT2D eigenvalue weighted by Crippen LogP contribution is 2.25. The summed E-state index contributed by atoms with van der Waals surface area (Å²) in [5.41, 5.74) is 4.33. The normalized spacial score (nSPS) is 21.2. The van der Waals surface area contributed by atoms with Gasteiger partial charge >= 0.3 is 0 Å². The molecular weight excluding hydrogens is 198 g/mol. The molecule has 3 heteroatoms. The Balaban J connectivity index is 1.57. The molecule has 16 heavy (non-hydrogen) atoms. The quantitative estimate of drug-likeness (QED) is 0.814. The largest absolute Gasteiger partial charge is 0.317 e. The van der Waals surface area contributed by atoms with Crippen LogP contribution in [-0.2, 0) is 19.3 Å². The molecule has 0 spiro atoms. The number of aromatic nitrogens is 2. The number of hydrogen-bond acceptors (Lipinski definition) is 2. The highest BCUT2D eigenvalue weighted by molar-refractivity contribution is 5.29. The molecular formula is C13H21N3. The van der Waals surface area contributed by atoms with Crippen LogP contribution in [0.2, 0.25) is 0 Å². The Morgan fingerprint density at radius 1 is 1.19 bits per heavy atom. The number of hydrogen-bond donors (Lipinski definition) is 2. The third kappa shape index (κ3) is 2.01. The molecule has 0 bridgehead atoms. The van der Waals surface area contributed by atoms with Crippen molar-refractivity contribution in [2.75, 3.05) is 13.1 Å². The van der Waals surface area contributed by atoms with E-state index in [4.69, 9.17) is 0 Å². The molecule has 1 aromatic heterocycles. The van der Waals surface area contributed by atoms with Gasteiger partial charge in [-0.1, -0.05) is 0 Å². The number of H-pyrrole nitrogens is 1. The number of rotatable bonds is 3. The fraction of sp³-hybridized carbons (Fsp3) is 0.769. The van der Waals surface area contributed by atoms with Crippen molar-refractivity contribution < 1.29 is 0 Å². The van der Waals surface area contributed by atoms with Gasteiger partial charge in [-0.25, -0.2) is 0 Å². The molecule has 88 valence electrons. The average Bonchev–Trinajstić information content (AvgIpc) is 2.90. The van der Waals surface area contributed by atoms with Crippen molar-refractivity contribution in [2.45, 2.75) is 44.9 Å². The van der Waals surface area contributed by atoms with Crippen LogP contribution in [0.15, 0.2) is 0 Å². The van der Waals surface area contributed by atoms with Crippen LogP contribution in [0.5, 0.6) is 0 Å². The Kier molecular flexibility index (Phi) is 2.96. The first-order valence-electron chi connectivity index (χ1n) is 6.69. The van der Waals surface area contributed by atoms with Crippen LogP contribution < -0.4 is 5.32 Å². The first kappa shape index (κ1) is 10.3. The molecule has 1 aromatic rings. The molecule has 0 atom stereocenters. The fourth-order valence-electron chi connectivity index (χ4n) is 3.11. The van der Waals surface area contributed by atoms with E-state index in [0.717, 1.165) is 5.92 Å². The third-order valence-electron chi connectivity index (χ3n) is 4.14. The van der Waals surface area contributed by atoms with Gasteiger partial charge in [-0.3, -0.25) is 5.10 Å². The van der Waals surface area contributed by atoms with Gasteiger partial charge in [-0.05, 0) is 69.5 Å². The zero-order chi connectivity index (χ0) is 10.8. The second kappa shape index (κ2) is 4.58. The maximum Gasteiger partial charge on any atom is 0.0657 e. The molecule has 0 aromatic carbocycles. The zero-order valence-electron chi connectivity index (χ0n) is 9.89. The van der Waals surface area contributed by atoms with E-state index in [2.05, 4.69) is 15.5 Å². The molecule has 3 rings (SSSR count). The highest BCUT2D eigenvalue weighted by Gasteiger charge is 2.19. The van der Waals surface area contributed by atoms with Gasteiger partial charge in [0.05, 0.1) is 5.69 Å². The van der Waals surface area contributed by atoms with E-state index in [1.807, 2.05) is 0 Å². The van der Waals surface area contributed by atoms with E-state index < -0.39 is 0 Å². The van der Waals surface area contributed by atoms with Crippen LogP contribution in [-0.4, -0.2) is 23.3 Å². The summed E-state index contributed by atoms with van der Waals surface area (Å²) in [6.45, 7) is 2.42. The van der Waals surface area contributed by atoms with Crippen LogP contribution in [0.1, 0.15) is 42.6 Å². The highest BCUT2D eigenvalue weighted by atomic mass is 15.1. The summed E-state index contributed by atoms with van der Waals surface area (Å²) in [5.74, 6) is 0.926. The van der Waals surface area contributed by atoms with E-state index in [-0.39, 0.29) is 0 Å². The number of aryl methyl sites for hydroxylation is 2. The minimum atomic E-state index is 0.926. The molecule has 1 aliphatic carbocycles. The standard InChI is InChI=1S/C13H21N3/c1-2-11-12(3-1)15-16-13(11)5-4-10-6-8-14-9-7-10/h10,14H,1-9H2,(H,15,16). The molecule has 0 amide bonds. The Morgan fingerprint density at radius 2 is 2.06 bits per heavy atom. The molecule has 2 N–H and O–H groups in total. The van der Waals surface area contributed by atoms with E-state index in [9.17, 15) is 0 Å². The molecule has 2 heterocycles. The van der Waals surface area contributed by atoms with E-state index in [1.165, 1.54) is 69.4 Å². The summed E-state index contributed by atoms with van der Waals surface area (Å²) in [7, 11) is 0. The molecule has 1 fully saturated rings. The van der Waals surface area contributed by atoms with Gasteiger partial charge in [0.25, 0.3) is 0 Å². The minimum absolute atomic E-state index is 0.926. The lowest BCUT2D eigenvalue weighted by Gasteiger charge is -2.22. The lowest BCUT2D eigenvalue weighted by atomic mass is 9.92. The minimum Gasteiger partial charge on any atom is -0.317 e. The van der Waals surface area contributed by atoms with Crippen LogP contribution in [0, 0.1) is 5.92 Å². The summed E-state index contributed by atoms with van der Waals surface area (Å²) in [4.78, 5) is 0. The van der Waals surface area contributed by atoms with Crippen molar-refractivity contribution in [3.8, 4) is 0 Å². The second-order valence-electron chi connectivity index (χ2n) is 5.21. The van der Waals surface area contributed by atoms with Crippen molar-refractivity contribution in [2.24, 2.45) is 5.92 Å². The Labute approximate surface area is 97.0 Å². The Morgan fingerprint density at radius 3 is 2.94 bits per heavy atom. The lowest BCUT2D eigenvalue weighted by molar-refractivity contribution is 0.353.